The molecule has 0 bridgehead atoms. The normalized spacial score (nSPS) is 28.5. The van der Waals surface area contributed by atoms with Gasteiger partial charge in [-0.2, -0.15) is 0 Å². The SMILES string of the molecule is CCNC(=NCC1CN(C)CCO1)N1CCN(C(=O)C2CCCO2)CC1. The van der Waals surface area contributed by atoms with Crippen LogP contribution in [-0.2, 0) is 14.3 Å². The largest absolute Gasteiger partial charge is 0.374 e. The maximum atomic E-state index is 12.5. The van der Waals surface area contributed by atoms with Crippen molar-refractivity contribution < 1.29 is 14.3 Å². The van der Waals surface area contributed by atoms with Gasteiger partial charge in [0.05, 0.1) is 19.3 Å². The van der Waals surface area contributed by atoms with Crippen LogP contribution in [0.5, 0.6) is 0 Å². The number of aliphatic imine (C=N–C) groups is 1. The van der Waals surface area contributed by atoms with Gasteiger partial charge in [0.2, 0.25) is 0 Å². The van der Waals surface area contributed by atoms with Gasteiger partial charge in [0.15, 0.2) is 5.96 Å². The summed E-state index contributed by atoms with van der Waals surface area (Å²) in [7, 11) is 2.12. The van der Waals surface area contributed by atoms with Crippen LogP contribution < -0.4 is 5.32 Å². The van der Waals surface area contributed by atoms with Crippen molar-refractivity contribution in [3.63, 3.8) is 0 Å². The molecule has 3 saturated heterocycles. The Morgan fingerprint density at radius 1 is 1.12 bits per heavy atom. The lowest BCUT2D eigenvalue weighted by Crippen LogP contribution is -2.55. The molecule has 3 fully saturated rings. The van der Waals surface area contributed by atoms with E-state index in [1.165, 1.54) is 0 Å². The van der Waals surface area contributed by atoms with Gasteiger partial charge < -0.3 is 29.5 Å². The highest BCUT2D eigenvalue weighted by molar-refractivity contribution is 5.82. The molecule has 8 nitrogen and oxygen atoms in total. The Balaban J connectivity index is 1.50. The first kappa shape index (κ1) is 19.4. The van der Waals surface area contributed by atoms with E-state index in [0.29, 0.717) is 13.2 Å². The zero-order valence-electron chi connectivity index (χ0n) is 16.2. The molecular weight excluding hydrogens is 334 g/mol. The summed E-state index contributed by atoms with van der Waals surface area (Å²) in [6, 6.07) is 0. The summed E-state index contributed by atoms with van der Waals surface area (Å²) in [6.07, 6.45) is 1.79. The van der Waals surface area contributed by atoms with Crippen molar-refractivity contribution in [2.45, 2.75) is 32.0 Å². The van der Waals surface area contributed by atoms with Gasteiger partial charge in [-0.1, -0.05) is 0 Å². The highest BCUT2D eigenvalue weighted by Crippen LogP contribution is 2.16. The summed E-state index contributed by atoms with van der Waals surface area (Å²) in [5.74, 6) is 1.08. The predicted octanol–water partition coefficient (Wildman–Crippen LogP) is -0.394. The number of nitrogens with one attached hydrogen (secondary N) is 1. The van der Waals surface area contributed by atoms with E-state index in [4.69, 9.17) is 14.5 Å². The number of carbonyl (C=O) groups excluding carboxylic acids is 1. The molecule has 3 aliphatic rings. The molecule has 0 spiro atoms. The number of hydrogen-bond acceptors (Lipinski definition) is 5. The second-order valence-electron chi connectivity index (χ2n) is 7.26. The molecule has 148 valence electrons. The first-order valence-electron chi connectivity index (χ1n) is 9.91. The summed E-state index contributed by atoms with van der Waals surface area (Å²) < 4.78 is 11.3. The summed E-state index contributed by atoms with van der Waals surface area (Å²) in [5.41, 5.74) is 0. The van der Waals surface area contributed by atoms with E-state index in [1.54, 1.807) is 0 Å². The second kappa shape index (κ2) is 9.53. The molecule has 0 aromatic rings. The van der Waals surface area contributed by atoms with Crippen molar-refractivity contribution in [2.75, 3.05) is 72.6 Å². The topological polar surface area (TPSA) is 69.6 Å². The van der Waals surface area contributed by atoms with Gasteiger partial charge >= 0.3 is 0 Å². The Bertz CT molecular complexity index is 487. The van der Waals surface area contributed by atoms with Crippen LogP contribution in [0, 0.1) is 0 Å². The molecule has 0 radical (unpaired) electrons. The highest BCUT2D eigenvalue weighted by atomic mass is 16.5. The third-order valence-electron chi connectivity index (χ3n) is 5.22. The number of guanidine groups is 1. The van der Waals surface area contributed by atoms with Crippen molar-refractivity contribution in [1.82, 2.24) is 20.0 Å². The van der Waals surface area contributed by atoms with Gasteiger partial charge in [-0.15, -0.1) is 0 Å². The quantitative estimate of drug-likeness (QED) is 0.539. The lowest BCUT2D eigenvalue weighted by atomic mass is 10.2. The van der Waals surface area contributed by atoms with Crippen LogP contribution in [0.15, 0.2) is 4.99 Å². The molecule has 8 heteroatoms. The first-order valence-corrected chi connectivity index (χ1v) is 9.91. The number of ether oxygens (including phenoxy) is 2. The molecule has 3 aliphatic heterocycles. The molecule has 0 saturated carbocycles. The van der Waals surface area contributed by atoms with Gasteiger partial charge in [-0.25, -0.2) is 0 Å². The Kier molecular flexibility index (Phi) is 7.10. The van der Waals surface area contributed by atoms with Crippen molar-refractivity contribution in [3.8, 4) is 0 Å². The molecule has 26 heavy (non-hydrogen) atoms. The van der Waals surface area contributed by atoms with E-state index in [9.17, 15) is 4.79 Å². The average Bonchev–Trinajstić information content (AvgIpc) is 3.19. The molecular formula is C18H33N5O3. The van der Waals surface area contributed by atoms with Crippen LogP contribution in [-0.4, -0.2) is 111 Å². The van der Waals surface area contributed by atoms with E-state index in [0.717, 1.165) is 71.2 Å². The van der Waals surface area contributed by atoms with Crippen LogP contribution >= 0.6 is 0 Å². The van der Waals surface area contributed by atoms with Crippen LogP contribution in [0.4, 0.5) is 0 Å². The van der Waals surface area contributed by atoms with Crippen molar-refractivity contribution in [1.29, 1.82) is 0 Å². The highest BCUT2D eigenvalue weighted by Gasteiger charge is 2.31. The first-order chi connectivity index (χ1) is 12.7. The van der Waals surface area contributed by atoms with Crippen LogP contribution in [0.3, 0.4) is 0 Å². The fourth-order valence-corrected chi connectivity index (χ4v) is 3.71. The second-order valence-corrected chi connectivity index (χ2v) is 7.26. The smallest absolute Gasteiger partial charge is 0.251 e. The van der Waals surface area contributed by atoms with E-state index < -0.39 is 0 Å². The summed E-state index contributed by atoms with van der Waals surface area (Å²) in [6.45, 7) is 10.0. The molecule has 2 atom stereocenters. The number of rotatable bonds is 4. The standard InChI is InChI=1S/C18H33N5O3/c1-3-19-18(20-13-15-14-21(2)10-12-25-15)23-8-6-22(7-9-23)17(24)16-5-4-11-26-16/h15-16H,3-14H2,1-2H3,(H,19,20). The summed E-state index contributed by atoms with van der Waals surface area (Å²) in [4.78, 5) is 23.7. The van der Waals surface area contributed by atoms with Crippen LogP contribution in [0.1, 0.15) is 19.8 Å². The monoisotopic (exact) mass is 367 g/mol. The van der Waals surface area contributed by atoms with Gasteiger partial charge in [0.25, 0.3) is 5.91 Å². The van der Waals surface area contributed by atoms with Crippen LogP contribution in [0.2, 0.25) is 0 Å². The minimum absolute atomic E-state index is 0.155. The van der Waals surface area contributed by atoms with E-state index in [-0.39, 0.29) is 18.1 Å². The molecule has 2 unspecified atom stereocenters. The minimum Gasteiger partial charge on any atom is -0.374 e. The fraction of sp³-hybridized carbons (Fsp3) is 0.889. The third kappa shape index (κ3) is 5.08. The van der Waals surface area contributed by atoms with E-state index in [1.807, 2.05) is 4.90 Å². The number of hydrogen-bond donors (Lipinski definition) is 1. The minimum atomic E-state index is -0.219. The maximum absolute atomic E-state index is 12.5. The van der Waals surface area contributed by atoms with E-state index >= 15 is 0 Å². The molecule has 3 rings (SSSR count). The number of likely N-dealkylation sites (N-methyl/N-ethyl adjacent to an activating group) is 1. The molecule has 0 aromatic carbocycles. The van der Waals surface area contributed by atoms with E-state index in [2.05, 4.69) is 29.1 Å². The summed E-state index contributed by atoms with van der Waals surface area (Å²) in [5, 5.41) is 3.38. The van der Waals surface area contributed by atoms with Crippen molar-refractivity contribution >= 4 is 11.9 Å². The maximum Gasteiger partial charge on any atom is 0.251 e. The number of amides is 1. The molecule has 1 amide bonds. The molecule has 3 heterocycles. The fourth-order valence-electron chi connectivity index (χ4n) is 3.71. The van der Waals surface area contributed by atoms with Gasteiger partial charge in [-0.05, 0) is 26.8 Å². The van der Waals surface area contributed by atoms with Gasteiger partial charge in [0.1, 0.15) is 6.10 Å². The zero-order valence-corrected chi connectivity index (χ0v) is 16.2. The Morgan fingerprint density at radius 2 is 1.88 bits per heavy atom. The Hall–Kier alpha value is -1.38. The Morgan fingerprint density at radius 3 is 2.54 bits per heavy atom. The molecule has 0 aliphatic carbocycles. The van der Waals surface area contributed by atoms with Gasteiger partial charge in [0, 0.05) is 52.4 Å². The number of nitrogens with zero attached hydrogens (tertiary/aromatic N) is 4. The van der Waals surface area contributed by atoms with Crippen molar-refractivity contribution in [3.05, 3.63) is 0 Å². The average molecular weight is 367 g/mol. The predicted molar refractivity (Wildman–Crippen MR) is 100 cm³/mol. The number of morpholine rings is 1. The third-order valence-corrected chi connectivity index (χ3v) is 5.22. The number of piperazine rings is 1. The van der Waals surface area contributed by atoms with Gasteiger partial charge in [-0.3, -0.25) is 9.79 Å². The lowest BCUT2D eigenvalue weighted by Gasteiger charge is -2.37. The molecule has 1 N–H and O–H groups in total. The van der Waals surface area contributed by atoms with Crippen molar-refractivity contribution in [2.24, 2.45) is 4.99 Å². The zero-order chi connectivity index (χ0) is 18.4. The van der Waals surface area contributed by atoms with Crippen LogP contribution in [0.25, 0.3) is 0 Å². The number of carbonyl (C=O) groups is 1. The lowest BCUT2D eigenvalue weighted by molar-refractivity contribution is -0.142. The molecule has 0 aromatic heterocycles. The Labute approximate surface area is 156 Å². The summed E-state index contributed by atoms with van der Waals surface area (Å²) >= 11 is 0.